The summed E-state index contributed by atoms with van der Waals surface area (Å²) in [7, 11) is 0. The summed E-state index contributed by atoms with van der Waals surface area (Å²) in [4.78, 5) is 2.49. The molecule has 2 nitrogen and oxygen atoms in total. The Bertz CT molecular complexity index is 405. The lowest BCUT2D eigenvalue weighted by Gasteiger charge is -2.38. The van der Waals surface area contributed by atoms with Gasteiger partial charge in [-0.3, -0.25) is 4.90 Å². The van der Waals surface area contributed by atoms with Crippen LogP contribution in [0.5, 0.6) is 0 Å². The van der Waals surface area contributed by atoms with Crippen molar-refractivity contribution in [1.82, 2.24) is 4.90 Å². The molecular weight excluding hydrogens is 227 g/mol. The number of hydrogen-bond donors (Lipinski definition) is 1. The molecule has 2 N–H and O–H groups in total. The van der Waals surface area contributed by atoms with Gasteiger partial charge in [-0.15, -0.1) is 0 Å². The monoisotopic (exact) mass is 250 g/mol. The van der Waals surface area contributed by atoms with E-state index in [0.717, 1.165) is 24.6 Å². The Labute approximate surface area is 109 Å². The van der Waals surface area contributed by atoms with E-state index in [0.29, 0.717) is 11.6 Å². The molecule has 2 unspecified atom stereocenters. The number of nitrogens with zero attached hydrogens (tertiary/aromatic N) is 1. The smallest absolute Gasteiger partial charge is 0.127 e. The molecule has 0 aromatic heterocycles. The van der Waals surface area contributed by atoms with Gasteiger partial charge in [0.15, 0.2) is 0 Å². The zero-order valence-corrected chi connectivity index (χ0v) is 11.3. The molecule has 1 aliphatic rings. The van der Waals surface area contributed by atoms with Crippen LogP contribution in [0.15, 0.2) is 18.2 Å². The minimum Gasteiger partial charge on any atom is -0.326 e. The van der Waals surface area contributed by atoms with Crippen LogP contribution in [0.3, 0.4) is 0 Å². The zero-order valence-electron chi connectivity index (χ0n) is 11.3. The molecule has 0 bridgehead atoms. The number of nitrogens with two attached hydrogens (primary N) is 1. The summed E-state index contributed by atoms with van der Waals surface area (Å²) in [5, 5.41) is 0. The van der Waals surface area contributed by atoms with Crippen LogP contribution in [-0.4, -0.2) is 17.5 Å². The molecule has 1 heterocycles. The second-order valence-electron chi connectivity index (χ2n) is 5.46. The van der Waals surface area contributed by atoms with E-state index in [4.69, 9.17) is 5.73 Å². The minimum absolute atomic E-state index is 0.193. The first-order valence-corrected chi connectivity index (χ1v) is 6.83. The molecule has 0 spiro atoms. The normalized spacial score (nSPS) is 25.3. The van der Waals surface area contributed by atoms with E-state index in [1.807, 2.05) is 12.1 Å². The number of hydrogen-bond acceptors (Lipinski definition) is 2. The molecule has 1 saturated heterocycles. The SMILES string of the molecule is CC1CCCN(Cc2ccc(F)c(CN)c2)C1C. The summed E-state index contributed by atoms with van der Waals surface area (Å²) in [5.74, 6) is 0.550. The fourth-order valence-electron chi connectivity index (χ4n) is 2.76. The van der Waals surface area contributed by atoms with Crippen LogP contribution in [0, 0.1) is 11.7 Å². The first kappa shape index (κ1) is 13.5. The quantitative estimate of drug-likeness (QED) is 0.893. The van der Waals surface area contributed by atoms with Gasteiger partial charge >= 0.3 is 0 Å². The predicted molar refractivity (Wildman–Crippen MR) is 72.6 cm³/mol. The van der Waals surface area contributed by atoms with Crippen LogP contribution in [-0.2, 0) is 13.1 Å². The van der Waals surface area contributed by atoms with Gasteiger partial charge in [0.2, 0.25) is 0 Å². The molecule has 100 valence electrons. The van der Waals surface area contributed by atoms with Crippen molar-refractivity contribution in [2.45, 2.75) is 45.8 Å². The lowest BCUT2D eigenvalue weighted by atomic mass is 9.91. The summed E-state index contributed by atoms with van der Waals surface area (Å²) in [5.41, 5.74) is 7.33. The molecule has 3 heteroatoms. The molecule has 2 atom stereocenters. The molecule has 1 aromatic carbocycles. The molecule has 18 heavy (non-hydrogen) atoms. The maximum atomic E-state index is 13.4. The summed E-state index contributed by atoms with van der Waals surface area (Å²) in [6.07, 6.45) is 2.57. The zero-order chi connectivity index (χ0) is 13.1. The van der Waals surface area contributed by atoms with Crippen LogP contribution in [0.25, 0.3) is 0 Å². The maximum absolute atomic E-state index is 13.4. The third kappa shape index (κ3) is 2.90. The van der Waals surface area contributed by atoms with Crippen molar-refractivity contribution in [3.63, 3.8) is 0 Å². The average molecular weight is 250 g/mol. The van der Waals surface area contributed by atoms with E-state index in [1.54, 1.807) is 0 Å². The van der Waals surface area contributed by atoms with Gasteiger partial charge in [0.25, 0.3) is 0 Å². The number of halogens is 1. The van der Waals surface area contributed by atoms with Gasteiger partial charge in [0.05, 0.1) is 0 Å². The Morgan fingerprint density at radius 2 is 2.17 bits per heavy atom. The van der Waals surface area contributed by atoms with E-state index < -0.39 is 0 Å². The molecule has 2 rings (SSSR count). The van der Waals surface area contributed by atoms with Crippen molar-refractivity contribution >= 4 is 0 Å². The second-order valence-corrected chi connectivity index (χ2v) is 5.46. The topological polar surface area (TPSA) is 29.3 Å². The molecular formula is C15H23FN2. The van der Waals surface area contributed by atoms with Gasteiger partial charge in [0, 0.05) is 24.7 Å². The standard InChI is InChI=1S/C15H23FN2/c1-11-4-3-7-18(12(11)2)10-13-5-6-15(16)14(8-13)9-17/h5-6,8,11-12H,3-4,7,9-10,17H2,1-2H3. The average Bonchev–Trinajstić information content (AvgIpc) is 2.37. The molecule has 1 aliphatic heterocycles. The maximum Gasteiger partial charge on any atom is 0.127 e. The van der Waals surface area contributed by atoms with E-state index in [2.05, 4.69) is 18.7 Å². The Balaban J connectivity index is 2.09. The van der Waals surface area contributed by atoms with Crippen LogP contribution in [0.4, 0.5) is 4.39 Å². The van der Waals surface area contributed by atoms with Crippen LogP contribution < -0.4 is 5.73 Å². The molecule has 0 aliphatic carbocycles. The highest BCUT2D eigenvalue weighted by Gasteiger charge is 2.24. The lowest BCUT2D eigenvalue weighted by Crippen LogP contribution is -2.41. The molecule has 1 fully saturated rings. The van der Waals surface area contributed by atoms with Gasteiger partial charge in [-0.25, -0.2) is 4.39 Å². The Kier molecular flexibility index (Phi) is 4.36. The molecule has 0 radical (unpaired) electrons. The van der Waals surface area contributed by atoms with E-state index >= 15 is 0 Å². The number of rotatable bonds is 3. The Morgan fingerprint density at radius 3 is 2.89 bits per heavy atom. The summed E-state index contributed by atoms with van der Waals surface area (Å²) in [6.45, 7) is 6.91. The van der Waals surface area contributed by atoms with Gasteiger partial charge in [-0.2, -0.15) is 0 Å². The highest BCUT2D eigenvalue weighted by atomic mass is 19.1. The largest absolute Gasteiger partial charge is 0.326 e. The highest BCUT2D eigenvalue weighted by molar-refractivity contribution is 5.25. The van der Waals surface area contributed by atoms with Crippen LogP contribution in [0.2, 0.25) is 0 Å². The Morgan fingerprint density at radius 1 is 1.39 bits per heavy atom. The van der Waals surface area contributed by atoms with Gasteiger partial charge in [-0.05, 0) is 43.9 Å². The van der Waals surface area contributed by atoms with Crippen molar-refractivity contribution in [2.24, 2.45) is 11.7 Å². The molecule has 0 saturated carbocycles. The fraction of sp³-hybridized carbons (Fsp3) is 0.600. The Hall–Kier alpha value is -0.930. The molecule has 0 amide bonds. The first-order valence-electron chi connectivity index (χ1n) is 6.83. The minimum atomic E-state index is -0.193. The lowest BCUT2D eigenvalue weighted by molar-refractivity contribution is 0.106. The fourth-order valence-corrected chi connectivity index (χ4v) is 2.76. The van der Waals surface area contributed by atoms with Gasteiger partial charge < -0.3 is 5.73 Å². The van der Waals surface area contributed by atoms with Crippen molar-refractivity contribution < 1.29 is 4.39 Å². The number of piperidine rings is 1. The predicted octanol–water partition coefficient (Wildman–Crippen LogP) is 2.90. The van der Waals surface area contributed by atoms with E-state index in [-0.39, 0.29) is 12.4 Å². The third-order valence-corrected chi connectivity index (χ3v) is 4.22. The second kappa shape index (κ2) is 5.81. The molecule has 1 aromatic rings. The first-order chi connectivity index (χ1) is 8.61. The van der Waals surface area contributed by atoms with Crippen molar-refractivity contribution in [2.75, 3.05) is 6.54 Å². The number of benzene rings is 1. The summed E-state index contributed by atoms with van der Waals surface area (Å²) in [6, 6.07) is 5.92. The van der Waals surface area contributed by atoms with Gasteiger partial charge in [0.1, 0.15) is 5.82 Å². The van der Waals surface area contributed by atoms with E-state index in [1.165, 1.54) is 18.9 Å². The van der Waals surface area contributed by atoms with Crippen molar-refractivity contribution in [3.8, 4) is 0 Å². The summed E-state index contributed by atoms with van der Waals surface area (Å²) >= 11 is 0. The summed E-state index contributed by atoms with van der Waals surface area (Å²) < 4.78 is 13.4. The van der Waals surface area contributed by atoms with Crippen molar-refractivity contribution in [3.05, 3.63) is 35.1 Å². The third-order valence-electron chi connectivity index (χ3n) is 4.22. The highest BCUT2D eigenvalue weighted by Crippen LogP contribution is 2.24. The number of likely N-dealkylation sites (tertiary alicyclic amines) is 1. The van der Waals surface area contributed by atoms with E-state index in [9.17, 15) is 4.39 Å². The van der Waals surface area contributed by atoms with Crippen LogP contribution in [0.1, 0.15) is 37.8 Å². The van der Waals surface area contributed by atoms with Gasteiger partial charge in [-0.1, -0.05) is 19.1 Å². The van der Waals surface area contributed by atoms with Crippen molar-refractivity contribution in [1.29, 1.82) is 0 Å². The van der Waals surface area contributed by atoms with Crippen LogP contribution >= 0.6 is 0 Å².